The molecule has 0 saturated carbocycles. The highest BCUT2D eigenvalue weighted by Crippen LogP contribution is 2.34. The fourth-order valence-corrected chi connectivity index (χ4v) is 3.02. The van der Waals surface area contributed by atoms with Crippen molar-refractivity contribution in [3.63, 3.8) is 0 Å². The molecule has 1 heterocycles. The standard InChI is InChI=1S/C22H16N4O8/c27-22(21-13-32-19-6-1-2-7-20(19)34-21)24-23-12-14-4-3-5-16(10-14)33-18-9-8-15(25(28)29)11-17(18)26(30)31/h1-12,21H,13H2,(H,24,27). The van der Waals surface area contributed by atoms with Gasteiger partial charge < -0.3 is 14.2 Å². The van der Waals surface area contributed by atoms with Crippen molar-refractivity contribution in [3.8, 4) is 23.0 Å². The van der Waals surface area contributed by atoms with Crippen LogP contribution < -0.4 is 19.6 Å². The van der Waals surface area contributed by atoms with Gasteiger partial charge in [-0.3, -0.25) is 25.0 Å². The number of hydrazone groups is 1. The Morgan fingerprint density at radius 2 is 1.82 bits per heavy atom. The van der Waals surface area contributed by atoms with Crippen LogP contribution in [0.1, 0.15) is 5.56 Å². The molecular formula is C22H16N4O8. The number of amides is 1. The van der Waals surface area contributed by atoms with E-state index in [1.165, 1.54) is 12.3 Å². The van der Waals surface area contributed by atoms with Gasteiger partial charge in [0.1, 0.15) is 12.4 Å². The summed E-state index contributed by atoms with van der Waals surface area (Å²) in [6, 6.07) is 16.4. The number of nitro groups is 2. The van der Waals surface area contributed by atoms with Crippen LogP contribution in [0.25, 0.3) is 0 Å². The Bertz CT molecular complexity index is 1290. The normalized spacial score (nSPS) is 14.4. The molecule has 34 heavy (non-hydrogen) atoms. The molecule has 12 heteroatoms. The van der Waals surface area contributed by atoms with E-state index in [0.29, 0.717) is 17.1 Å². The van der Waals surface area contributed by atoms with Gasteiger partial charge >= 0.3 is 5.69 Å². The van der Waals surface area contributed by atoms with E-state index in [-0.39, 0.29) is 18.1 Å². The lowest BCUT2D eigenvalue weighted by atomic mass is 10.2. The van der Waals surface area contributed by atoms with Gasteiger partial charge in [-0.2, -0.15) is 5.10 Å². The molecule has 1 aliphatic rings. The molecule has 172 valence electrons. The number of nitro benzene ring substituents is 2. The molecule has 3 aromatic carbocycles. The summed E-state index contributed by atoms with van der Waals surface area (Å²) in [4.78, 5) is 33.0. The maximum Gasteiger partial charge on any atom is 0.318 e. The third-order valence-electron chi connectivity index (χ3n) is 4.63. The van der Waals surface area contributed by atoms with Gasteiger partial charge in [0.25, 0.3) is 11.6 Å². The lowest BCUT2D eigenvalue weighted by Gasteiger charge is -2.24. The zero-order valence-corrected chi connectivity index (χ0v) is 17.3. The van der Waals surface area contributed by atoms with Crippen molar-refractivity contribution in [2.24, 2.45) is 5.10 Å². The Balaban J connectivity index is 1.41. The number of hydrogen-bond donors (Lipinski definition) is 1. The van der Waals surface area contributed by atoms with Crippen LogP contribution in [0.4, 0.5) is 11.4 Å². The number of hydrogen-bond acceptors (Lipinski definition) is 9. The lowest BCUT2D eigenvalue weighted by Crippen LogP contribution is -2.42. The lowest BCUT2D eigenvalue weighted by molar-refractivity contribution is -0.394. The van der Waals surface area contributed by atoms with Gasteiger partial charge in [-0.15, -0.1) is 0 Å². The SMILES string of the molecule is O=C(NN=Cc1cccc(Oc2ccc([N+](=O)[O-])cc2[N+](=O)[O-])c1)C1COc2ccccc2O1. The molecule has 1 atom stereocenters. The van der Waals surface area contributed by atoms with Gasteiger partial charge in [0.2, 0.25) is 11.9 Å². The number of fused-ring (bicyclic) bond motifs is 1. The Morgan fingerprint density at radius 3 is 2.59 bits per heavy atom. The van der Waals surface area contributed by atoms with Gasteiger partial charge in [-0.25, -0.2) is 5.43 Å². The Labute approximate surface area is 191 Å². The number of benzene rings is 3. The van der Waals surface area contributed by atoms with Gasteiger partial charge in [0, 0.05) is 6.07 Å². The van der Waals surface area contributed by atoms with E-state index in [4.69, 9.17) is 14.2 Å². The summed E-state index contributed by atoms with van der Waals surface area (Å²) in [5.74, 6) is 0.587. The molecule has 12 nitrogen and oxygen atoms in total. The smallest absolute Gasteiger partial charge is 0.318 e. The number of carbonyl (C=O) groups is 1. The number of carbonyl (C=O) groups excluding carboxylic acids is 1. The minimum atomic E-state index is -0.871. The zero-order valence-electron chi connectivity index (χ0n) is 17.3. The molecule has 0 aromatic heterocycles. The first-order valence-corrected chi connectivity index (χ1v) is 9.83. The predicted octanol–water partition coefficient (Wildman–Crippen LogP) is 3.59. The summed E-state index contributed by atoms with van der Waals surface area (Å²) in [5.41, 5.74) is 1.93. The van der Waals surface area contributed by atoms with Crippen LogP contribution in [0.5, 0.6) is 23.0 Å². The van der Waals surface area contributed by atoms with E-state index in [1.54, 1.807) is 42.5 Å². The van der Waals surface area contributed by atoms with Crippen LogP contribution in [0.3, 0.4) is 0 Å². The summed E-state index contributed by atoms with van der Waals surface area (Å²) in [7, 11) is 0. The van der Waals surface area contributed by atoms with Crippen LogP contribution in [0.15, 0.2) is 71.8 Å². The second-order valence-electron chi connectivity index (χ2n) is 6.94. The van der Waals surface area contributed by atoms with Gasteiger partial charge in [0.05, 0.1) is 22.1 Å². The maximum absolute atomic E-state index is 12.3. The molecule has 0 spiro atoms. The van der Waals surface area contributed by atoms with E-state index < -0.39 is 33.2 Å². The van der Waals surface area contributed by atoms with E-state index in [9.17, 15) is 25.0 Å². The summed E-state index contributed by atoms with van der Waals surface area (Å²) in [6.07, 6.45) is 0.483. The van der Waals surface area contributed by atoms with Crippen molar-refractivity contribution in [3.05, 3.63) is 92.5 Å². The molecule has 4 rings (SSSR count). The van der Waals surface area contributed by atoms with Crippen LogP contribution >= 0.6 is 0 Å². The summed E-state index contributed by atoms with van der Waals surface area (Å²) in [6.45, 7) is 0.0374. The van der Waals surface area contributed by atoms with Crippen LogP contribution in [0, 0.1) is 20.2 Å². The molecular weight excluding hydrogens is 448 g/mol. The molecule has 1 N–H and O–H groups in total. The highest BCUT2D eigenvalue weighted by Gasteiger charge is 2.27. The average molecular weight is 464 g/mol. The molecule has 0 fully saturated rings. The highest BCUT2D eigenvalue weighted by molar-refractivity contribution is 5.85. The molecule has 0 bridgehead atoms. The first kappa shape index (κ1) is 22.2. The second-order valence-corrected chi connectivity index (χ2v) is 6.94. The molecule has 1 unspecified atom stereocenters. The summed E-state index contributed by atoms with van der Waals surface area (Å²) < 4.78 is 16.7. The minimum absolute atomic E-state index is 0.0374. The van der Waals surface area contributed by atoms with Crippen LogP contribution in [0.2, 0.25) is 0 Å². The average Bonchev–Trinajstić information content (AvgIpc) is 2.84. The van der Waals surface area contributed by atoms with E-state index in [0.717, 1.165) is 18.2 Å². The Hall–Kier alpha value is -5.00. The van der Waals surface area contributed by atoms with Crippen molar-refractivity contribution >= 4 is 23.5 Å². The third-order valence-corrected chi connectivity index (χ3v) is 4.63. The van der Waals surface area contributed by atoms with Crippen molar-refractivity contribution in [2.75, 3.05) is 6.61 Å². The van der Waals surface area contributed by atoms with Crippen molar-refractivity contribution in [2.45, 2.75) is 6.10 Å². The Morgan fingerprint density at radius 1 is 1.03 bits per heavy atom. The second kappa shape index (κ2) is 9.65. The first-order chi connectivity index (χ1) is 16.4. The fraction of sp³-hybridized carbons (Fsp3) is 0.0909. The molecule has 1 aliphatic heterocycles. The monoisotopic (exact) mass is 464 g/mol. The van der Waals surface area contributed by atoms with E-state index >= 15 is 0 Å². The highest BCUT2D eigenvalue weighted by atomic mass is 16.6. The zero-order chi connectivity index (χ0) is 24.1. The van der Waals surface area contributed by atoms with Crippen molar-refractivity contribution in [1.82, 2.24) is 5.43 Å². The number of nitrogens with one attached hydrogen (secondary N) is 1. The summed E-state index contributed by atoms with van der Waals surface area (Å²) >= 11 is 0. The summed E-state index contributed by atoms with van der Waals surface area (Å²) in [5, 5.41) is 26.1. The van der Waals surface area contributed by atoms with E-state index in [2.05, 4.69) is 10.5 Å². The van der Waals surface area contributed by atoms with Gasteiger partial charge in [0.15, 0.2) is 11.5 Å². The van der Waals surface area contributed by atoms with Crippen molar-refractivity contribution < 1.29 is 28.9 Å². The molecule has 1 amide bonds. The predicted molar refractivity (Wildman–Crippen MR) is 118 cm³/mol. The largest absolute Gasteiger partial charge is 0.485 e. The third kappa shape index (κ3) is 5.07. The number of para-hydroxylation sites is 2. The van der Waals surface area contributed by atoms with E-state index in [1.807, 2.05) is 0 Å². The minimum Gasteiger partial charge on any atom is -0.485 e. The molecule has 0 aliphatic carbocycles. The van der Waals surface area contributed by atoms with Crippen LogP contribution in [-0.2, 0) is 4.79 Å². The number of nitrogens with zero attached hydrogens (tertiary/aromatic N) is 3. The number of non-ortho nitro benzene ring substituents is 1. The van der Waals surface area contributed by atoms with Crippen molar-refractivity contribution in [1.29, 1.82) is 0 Å². The number of rotatable bonds is 7. The molecule has 0 radical (unpaired) electrons. The van der Waals surface area contributed by atoms with Gasteiger partial charge in [-0.05, 0) is 35.9 Å². The molecule has 3 aromatic rings. The van der Waals surface area contributed by atoms with Gasteiger partial charge in [-0.1, -0.05) is 24.3 Å². The maximum atomic E-state index is 12.3. The quantitative estimate of drug-likeness (QED) is 0.316. The Kier molecular flexibility index (Phi) is 6.30. The fourth-order valence-electron chi connectivity index (χ4n) is 3.02. The molecule has 0 saturated heterocycles. The topological polar surface area (TPSA) is 155 Å². The number of ether oxygens (including phenoxy) is 3. The van der Waals surface area contributed by atoms with Crippen LogP contribution in [-0.4, -0.2) is 34.7 Å². The first-order valence-electron chi connectivity index (χ1n) is 9.83.